The van der Waals surface area contributed by atoms with Crippen LogP contribution in [0.5, 0.6) is 0 Å². The Balaban J connectivity index is 2.36. The molecule has 0 N–H and O–H groups in total. The van der Waals surface area contributed by atoms with Crippen LogP contribution in [-0.4, -0.2) is 10.8 Å². The summed E-state index contributed by atoms with van der Waals surface area (Å²) in [6, 6.07) is 21.7. The van der Waals surface area contributed by atoms with Crippen molar-refractivity contribution < 1.29 is 4.79 Å². The van der Waals surface area contributed by atoms with Crippen molar-refractivity contribution >= 4 is 21.7 Å². The smallest absolute Gasteiger partial charge is 0.149 e. The second-order valence-electron chi connectivity index (χ2n) is 5.41. The Hall–Kier alpha value is -2.26. The summed E-state index contributed by atoms with van der Waals surface area (Å²) in [5, 5.41) is 0. The van der Waals surface area contributed by atoms with Gasteiger partial charge >= 0.3 is 0 Å². The van der Waals surface area contributed by atoms with E-state index in [1.807, 2.05) is 66.7 Å². The Kier molecular flexibility index (Phi) is 4.39. The highest BCUT2D eigenvalue weighted by Gasteiger charge is 2.40. The quantitative estimate of drug-likeness (QED) is 0.666. The van der Waals surface area contributed by atoms with E-state index in [2.05, 4.69) is 20.9 Å². The summed E-state index contributed by atoms with van der Waals surface area (Å²) in [6.45, 7) is 1.65. The Morgan fingerprint density at radius 2 is 1.35 bits per heavy atom. The van der Waals surface area contributed by atoms with Crippen molar-refractivity contribution in [3.8, 4) is 0 Å². The summed E-state index contributed by atoms with van der Waals surface area (Å²) in [4.78, 5) is 17.0. The van der Waals surface area contributed by atoms with Crippen molar-refractivity contribution in [2.75, 3.05) is 0 Å². The largest absolute Gasteiger partial charge is 0.298 e. The van der Waals surface area contributed by atoms with Crippen LogP contribution in [-0.2, 0) is 10.2 Å². The number of carbonyl (C=O) groups excluding carboxylic acids is 1. The van der Waals surface area contributed by atoms with Crippen LogP contribution >= 0.6 is 15.9 Å². The van der Waals surface area contributed by atoms with Crippen LogP contribution in [0.1, 0.15) is 23.6 Å². The number of ketones is 1. The van der Waals surface area contributed by atoms with Gasteiger partial charge in [0.2, 0.25) is 0 Å². The molecule has 3 aromatic rings. The molecule has 0 saturated carbocycles. The van der Waals surface area contributed by atoms with E-state index in [4.69, 9.17) is 0 Å². The maximum Gasteiger partial charge on any atom is 0.149 e. The van der Waals surface area contributed by atoms with Crippen molar-refractivity contribution in [3.05, 3.63) is 100 Å². The van der Waals surface area contributed by atoms with Crippen LogP contribution in [0, 0.1) is 0 Å². The normalized spacial score (nSPS) is 13.3. The molecule has 0 fully saturated rings. The number of benzene rings is 2. The molecule has 1 aromatic heterocycles. The van der Waals surface area contributed by atoms with Gasteiger partial charge in [0.15, 0.2) is 0 Å². The van der Waals surface area contributed by atoms with Gasteiger partial charge in [-0.15, -0.1) is 0 Å². The molecular formula is C20H16BrNO. The first-order valence-corrected chi connectivity index (χ1v) is 8.18. The van der Waals surface area contributed by atoms with Crippen molar-refractivity contribution in [1.29, 1.82) is 0 Å². The summed E-state index contributed by atoms with van der Waals surface area (Å²) in [5.74, 6) is 0.0808. The zero-order valence-corrected chi connectivity index (χ0v) is 14.3. The molecule has 0 amide bonds. The minimum absolute atomic E-state index is 0.0808. The van der Waals surface area contributed by atoms with Crippen LogP contribution < -0.4 is 0 Å². The van der Waals surface area contributed by atoms with Crippen molar-refractivity contribution in [2.24, 2.45) is 0 Å². The van der Waals surface area contributed by atoms with Gasteiger partial charge in [-0.2, -0.15) is 0 Å². The number of pyridine rings is 1. The van der Waals surface area contributed by atoms with Crippen LogP contribution in [0.15, 0.2) is 83.6 Å². The van der Waals surface area contributed by atoms with E-state index in [1.165, 1.54) is 0 Å². The van der Waals surface area contributed by atoms with Gasteiger partial charge in [0.05, 0.1) is 0 Å². The summed E-state index contributed by atoms with van der Waals surface area (Å²) in [5.41, 5.74) is 2.00. The first-order chi connectivity index (χ1) is 11.2. The lowest BCUT2D eigenvalue weighted by molar-refractivity contribution is -0.119. The summed E-state index contributed by atoms with van der Waals surface area (Å²) in [6.07, 6.45) is 3.46. The van der Waals surface area contributed by atoms with Gasteiger partial charge in [-0.05, 0) is 47.9 Å². The van der Waals surface area contributed by atoms with Gasteiger partial charge in [0, 0.05) is 16.9 Å². The van der Waals surface area contributed by atoms with Gasteiger partial charge in [-0.1, -0.05) is 58.4 Å². The Morgan fingerprint density at radius 3 is 1.91 bits per heavy atom. The van der Waals surface area contributed by atoms with Crippen LogP contribution in [0.3, 0.4) is 0 Å². The third kappa shape index (κ3) is 2.73. The van der Waals surface area contributed by atoms with E-state index >= 15 is 0 Å². The maximum absolute atomic E-state index is 12.9. The minimum Gasteiger partial charge on any atom is -0.298 e. The number of hydrogen-bond donors (Lipinski definition) is 0. The highest BCUT2D eigenvalue weighted by Crippen LogP contribution is 2.40. The van der Waals surface area contributed by atoms with Crippen LogP contribution in [0.2, 0.25) is 0 Å². The molecule has 0 saturated heterocycles. The zero-order chi connectivity index (χ0) is 16.3. The molecule has 0 spiro atoms. The zero-order valence-electron chi connectivity index (χ0n) is 12.7. The molecule has 23 heavy (non-hydrogen) atoms. The summed E-state index contributed by atoms with van der Waals surface area (Å²) < 4.78 is 0.987. The Labute approximate surface area is 144 Å². The number of nitrogens with zero attached hydrogens (tertiary/aromatic N) is 1. The van der Waals surface area contributed by atoms with E-state index in [0.29, 0.717) is 0 Å². The van der Waals surface area contributed by atoms with E-state index in [-0.39, 0.29) is 5.78 Å². The summed E-state index contributed by atoms with van der Waals surface area (Å²) >= 11 is 3.47. The van der Waals surface area contributed by atoms with E-state index in [0.717, 1.165) is 21.2 Å². The topological polar surface area (TPSA) is 30.0 Å². The number of rotatable bonds is 4. The fraction of sp³-hybridized carbons (Fsp3) is 0.100. The molecule has 3 rings (SSSR count). The highest BCUT2D eigenvalue weighted by atomic mass is 79.9. The predicted molar refractivity (Wildman–Crippen MR) is 95.4 cm³/mol. The van der Waals surface area contributed by atoms with Crippen LogP contribution in [0.25, 0.3) is 0 Å². The first-order valence-electron chi connectivity index (χ1n) is 7.39. The average Bonchev–Trinajstić information content (AvgIpc) is 2.59. The minimum atomic E-state index is -0.828. The van der Waals surface area contributed by atoms with Gasteiger partial charge in [-0.3, -0.25) is 9.78 Å². The van der Waals surface area contributed by atoms with Gasteiger partial charge < -0.3 is 0 Å². The number of hydrogen-bond acceptors (Lipinski definition) is 2. The molecule has 0 aliphatic rings. The summed E-state index contributed by atoms with van der Waals surface area (Å²) in [7, 11) is 0. The molecule has 1 unspecified atom stereocenters. The number of Topliss-reactive ketones (excluding diaryl/α,β-unsaturated/α-hetero) is 1. The van der Waals surface area contributed by atoms with Crippen molar-refractivity contribution in [3.63, 3.8) is 0 Å². The lowest BCUT2D eigenvalue weighted by Crippen LogP contribution is -2.36. The number of carbonyl (C=O) groups is 1. The fourth-order valence-corrected chi connectivity index (χ4v) is 3.36. The second-order valence-corrected chi connectivity index (χ2v) is 6.33. The third-order valence-electron chi connectivity index (χ3n) is 4.13. The molecule has 0 aliphatic heterocycles. The molecule has 3 heteroatoms. The Morgan fingerprint density at radius 1 is 0.826 bits per heavy atom. The number of halogens is 1. The molecule has 1 heterocycles. The molecule has 1 atom stereocenters. The Bertz CT molecular complexity index is 759. The SMILES string of the molecule is CC(=O)C(c1ccccc1)(c1ccncc1)c1ccc(Br)cc1. The standard InChI is InChI=1S/C20H16BrNO/c1-15(23)20(16-5-3-2-4-6-16,18-11-13-22-14-12-18)17-7-9-19(21)10-8-17/h2-14H,1H3. The first kappa shape index (κ1) is 15.6. The molecule has 2 nitrogen and oxygen atoms in total. The van der Waals surface area contributed by atoms with Gasteiger partial charge in [0.1, 0.15) is 11.2 Å². The van der Waals surface area contributed by atoms with E-state index in [1.54, 1.807) is 19.3 Å². The van der Waals surface area contributed by atoms with Gasteiger partial charge in [0.25, 0.3) is 0 Å². The van der Waals surface area contributed by atoms with Crippen molar-refractivity contribution in [2.45, 2.75) is 12.3 Å². The molecule has 0 bridgehead atoms. The average molecular weight is 366 g/mol. The third-order valence-corrected chi connectivity index (χ3v) is 4.65. The fourth-order valence-electron chi connectivity index (χ4n) is 3.10. The molecule has 2 aromatic carbocycles. The lowest BCUT2D eigenvalue weighted by Gasteiger charge is -2.33. The van der Waals surface area contributed by atoms with Crippen LogP contribution in [0.4, 0.5) is 0 Å². The second kappa shape index (κ2) is 6.47. The molecule has 0 aliphatic carbocycles. The highest BCUT2D eigenvalue weighted by molar-refractivity contribution is 9.10. The number of aromatic nitrogens is 1. The van der Waals surface area contributed by atoms with E-state index in [9.17, 15) is 4.79 Å². The van der Waals surface area contributed by atoms with E-state index < -0.39 is 5.41 Å². The lowest BCUT2D eigenvalue weighted by atomic mass is 9.67. The maximum atomic E-state index is 12.9. The molecule has 0 radical (unpaired) electrons. The molecule has 114 valence electrons. The monoisotopic (exact) mass is 365 g/mol. The van der Waals surface area contributed by atoms with Crippen molar-refractivity contribution in [1.82, 2.24) is 4.98 Å². The molecular weight excluding hydrogens is 350 g/mol. The predicted octanol–water partition coefficient (Wildman–Crippen LogP) is 4.77. The van der Waals surface area contributed by atoms with Gasteiger partial charge in [-0.25, -0.2) is 0 Å².